The Morgan fingerprint density at radius 3 is 2.67 bits per heavy atom. The van der Waals surface area contributed by atoms with E-state index >= 15 is 0 Å². The van der Waals surface area contributed by atoms with Crippen molar-refractivity contribution in [3.8, 4) is 5.75 Å². The molecule has 2 nitrogen and oxygen atoms in total. The zero-order valence-electron chi connectivity index (χ0n) is 7.34. The van der Waals surface area contributed by atoms with E-state index < -0.39 is 0 Å². The van der Waals surface area contributed by atoms with Crippen LogP contribution in [0.15, 0.2) is 24.3 Å². The summed E-state index contributed by atoms with van der Waals surface area (Å²) in [7, 11) is 0. The molecule has 0 aliphatic carbocycles. The largest absolute Gasteiger partial charge is 0.493 e. The maximum Gasteiger partial charge on any atom is 0.122 e. The molecule has 3 heteroatoms. The molecule has 0 unspecified atom stereocenters. The number of rotatable bonds is 0. The van der Waals surface area contributed by atoms with E-state index in [-0.39, 0.29) is 35.0 Å². The van der Waals surface area contributed by atoms with Gasteiger partial charge in [0.2, 0.25) is 0 Å². The van der Waals surface area contributed by atoms with Gasteiger partial charge >= 0.3 is 0 Å². The molecule has 0 spiro atoms. The molecule has 0 atom stereocenters. The zero-order chi connectivity index (χ0) is 6.81. The molecule has 1 heterocycles. The van der Waals surface area contributed by atoms with Crippen LogP contribution in [-0.2, 0) is 6.42 Å². The van der Waals surface area contributed by atoms with Gasteiger partial charge in [0.15, 0.2) is 0 Å². The normalized spacial score (nSPS) is 13.0. The van der Waals surface area contributed by atoms with Gasteiger partial charge in [0.05, 0.1) is 6.61 Å². The van der Waals surface area contributed by atoms with Gasteiger partial charge in [-0.2, -0.15) is 0 Å². The molecule has 1 aromatic carbocycles. The number of hydrogen-bond donors (Lipinski definition) is 0. The van der Waals surface area contributed by atoms with Crippen molar-refractivity contribution in [2.24, 2.45) is 0 Å². The summed E-state index contributed by atoms with van der Waals surface area (Å²) in [5.74, 6) is 1.08. The Balaban J connectivity index is 0.000000605. The van der Waals surface area contributed by atoms with Crippen molar-refractivity contribution < 1.29 is 10.2 Å². The fourth-order valence-electron chi connectivity index (χ4n) is 1.30. The average molecular weight is 175 g/mol. The first-order valence-electron chi connectivity index (χ1n) is 3.67. The summed E-state index contributed by atoms with van der Waals surface area (Å²) in [4.78, 5) is 0. The van der Waals surface area contributed by atoms with Crippen LogP contribution in [0.1, 0.15) is 12.0 Å². The first-order chi connectivity index (χ1) is 4.97. The van der Waals surface area contributed by atoms with Crippen molar-refractivity contribution in [3.05, 3.63) is 29.8 Å². The van der Waals surface area contributed by atoms with Gasteiger partial charge in [0, 0.05) is 29.6 Å². The zero-order valence-corrected chi connectivity index (χ0v) is 9.34. The second-order valence-electron chi connectivity index (χ2n) is 2.56. The van der Waals surface area contributed by atoms with Crippen molar-refractivity contribution in [2.75, 3.05) is 6.61 Å². The van der Waals surface area contributed by atoms with Crippen LogP contribution < -0.4 is 4.74 Å². The summed E-state index contributed by atoms with van der Waals surface area (Å²) in [5.41, 5.74) is 1.36. The third-order valence-electron chi connectivity index (χ3n) is 1.82. The van der Waals surface area contributed by atoms with E-state index in [0.717, 1.165) is 18.8 Å². The van der Waals surface area contributed by atoms with Crippen molar-refractivity contribution in [2.45, 2.75) is 12.8 Å². The van der Waals surface area contributed by atoms with Crippen LogP contribution in [0.4, 0.5) is 0 Å². The molecule has 1 aliphatic heterocycles. The van der Waals surface area contributed by atoms with Crippen LogP contribution in [0.3, 0.4) is 0 Å². The van der Waals surface area contributed by atoms with Gasteiger partial charge in [-0.1, -0.05) is 18.2 Å². The number of aryl methyl sites for hydroxylation is 1. The van der Waals surface area contributed by atoms with E-state index in [1.807, 2.05) is 12.1 Å². The van der Waals surface area contributed by atoms with Crippen LogP contribution in [-0.4, -0.2) is 41.6 Å². The number of hydrogen-bond acceptors (Lipinski definition) is 1. The third-order valence-corrected chi connectivity index (χ3v) is 1.82. The van der Waals surface area contributed by atoms with Crippen molar-refractivity contribution in [1.82, 2.24) is 0 Å². The van der Waals surface area contributed by atoms with Crippen LogP contribution >= 0.6 is 0 Å². The Morgan fingerprint density at radius 2 is 1.92 bits per heavy atom. The Morgan fingerprint density at radius 1 is 1.17 bits per heavy atom. The maximum atomic E-state index is 5.42. The molecule has 12 heavy (non-hydrogen) atoms. The Labute approximate surface area is 94.5 Å². The molecule has 0 saturated heterocycles. The smallest absolute Gasteiger partial charge is 0.122 e. The van der Waals surface area contributed by atoms with Crippen LogP contribution in [0.2, 0.25) is 0 Å². The summed E-state index contributed by atoms with van der Waals surface area (Å²) in [6.45, 7) is 0.886. The molecule has 0 bridgehead atoms. The predicted octanol–water partition coefficient (Wildman–Crippen LogP) is 0.806. The second kappa shape index (κ2) is 5.60. The molecule has 0 amide bonds. The van der Waals surface area contributed by atoms with Crippen molar-refractivity contribution >= 4 is 29.6 Å². The number of ether oxygens (including phenoxy) is 1. The standard InChI is InChI=1S/C9H10O.Na.H2O/c1-2-6-9-8(4-1)5-3-7-10-9;;/h1-2,4,6H,3,5,7H2;;1H2. The SMILES string of the molecule is O.[Na].c1ccc2c(c1)CCCO2. The molecule has 2 rings (SSSR count). The van der Waals surface area contributed by atoms with Gasteiger partial charge in [0.25, 0.3) is 0 Å². The molecule has 2 N–H and O–H groups in total. The predicted molar refractivity (Wildman–Crippen MR) is 49.6 cm³/mol. The minimum atomic E-state index is 0. The summed E-state index contributed by atoms with van der Waals surface area (Å²) >= 11 is 0. The van der Waals surface area contributed by atoms with Gasteiger partial charge in [0.1, 0.15) is 5.75 Å². The fraction of sp³-hybridized carbons (Fsp3) is 0.333. The van der Waals surface area contributed by atoms with E-state index in [4.69, 9.17) is 4.74 Å². The Kier molecular flexibility index (Phi) is 5.59. The molecule has 0 fully saturated rings. The average Bonchev–Trinajstić information content (AvgIpc) is 2.05. The summed E-state index contributed by atoms with van der Waals surface area (Å²) in [6.07, 6.45) is 2.34. The molecule has 61 valence electrons. The van der Waals surface area contributed by atoms with Gasteiger partial charge in [-0.25, -0.2) is 0 Å². The summed E-state index contributed by atoms with van der Waals surface area (Å²) in [5, 5.41) is 0. The van der Waals surface area contributed by atoms with Gasteiger partial charge in [-0.3, -0.25) is 0 Å². The van der Waals surface area contributed by atoms with Gasteiger partial charge in [-0.05, 0) is 24.5 Å². The quantitative estimate of drug-likeness (QED) is 0.538. The monoisotopic (exact) mass is 175 g/mol. The first-order valence-corrected chi connectivity index (χ1v) is 3.67. The fourth-order valence-corrected chi connectivity index (χ4v) is 1.30. The number of benzene rings is 1. The number of para-hydroxylation sites is 1. The van der Waals surface area contributed by atoms with Crippen LogP contribution in [0, 0.1) is 0 Å². The molecule has 1 radical (unpaired) electrons. The second-order valence-corrected chi connectivity index (χ2v) is 2.56. The van der Waals surface area contributed by atoms with E-state index in [1.54, 1.807) is 0 Å². The molecule has 0 saturated carbocycles. The Bertz CT molecular complexity index is 213. The van der Waals surface area contributed by atoms with E-state index in [0.29, 0.717) is 0 Å². The molecular formula is C9H12NaO2. The molecular weight excluding hydrogens is 163 g/mol. The minimum Gasteiger partial charge on any atom is -0.493 e. The molecule has 1 aromatic rings. The number of fused-ring (bicyclic) bond motifs is 1. The van der Waals surface area contributed by atoms with E-state index in [2.05, 4.69) is 12.1 Å². The van der Waals surface area contributed by atoms with Crippen molar-refractivity contribution in [1.29, 1.82) is 0 Å². The maximum absolute atomic E-state index is 5.42. The Hall–Kier alpha value is -0.0200. The minimum absolute atomic E-state index is 0. The molecule has 0 aromatic heterocycles. The summed E-state index contributed by atoms with van der Waals surface area (Å²) < 4.78 is 5.42. The van der Waals surface area contributed by atoms with Crippen LogP contribution in [0.5, 0.6) is 5.75 Å². The van der Waals surface area contributed by atoms with E-state index in [9.17, 15) is 0 Å². The van der Waals surface area contributed by atoms with Gasteiger partial charge < -0.3 is 10.2 Å². The van der Waals surface area contributed by atoms with E-state index in [1.165, 1.54) is 12.0 Å². The summed E-state index contributed by atoms with van der Waals surface area (Å²) in [6, 6.07) is 8.25. The van der Waals surface area contributed by atoms with Crippen LogP contribution in [0.25, 0.3) is 0 Å². The first kappa shape index (κ1) is 12.0. The molecule has 1 aliphatic rings. The van der Waals surface area contributed by atoms with Crippen molar-refractivity contribution in [3.63, 3.8) is 0 Å². The third kappa shape index (κ3) is 2.49. The topological polar surface area (TPSA) is 40.7 Å². The van der Waals surface area contributed by atoms with Gasteiger partial charge in [-0.15, -0.1) is 0 Å².